The third-order valence-electron chi connectivity index (χ3n) is 2.78. The van der Waals surface area contributed by atoms with E-state index in [1.807, 2.05) is 54.6 Å². The Hall–Kier alpha value is -2.14. The lowest BCUT2D eigenvalue weighted by Crippen LogP contribution is -1.99. The summed E-state index contributed by atoms with van der Waals surface area (Å²) in [5.74, 6) is 1.10. The third-order valence-corrected chi connectivity index (χ3v) is 3.30. The molecule has 0 aliphatic carbocycles. The van der Waals surface area contributed by atoms with E-state index in [1.165, 1.54) is 0 Å². The molecule has 1 aromatic heterocycles. The van der Waals surface area contributed by atoms with Crippen molar-refractivity contribution in [3.05, 3.63) is 65.0 Å². The first-order chi connectivity index (χ1) is 9.81. The van der Waals surface area contributed by atoms with Crippen LogP contribution in [0.25, 0.3) is 11.5 Å². The zero-order chi connectivity index (χ0) is 13.8. The van der Waals surface area contributed by atoms with Crippen LogP contribution in [0.4, 0.5) is 5.69 Å². The molecule has 3 aromatic rings. The standard InChI is InChI=1S/C15H12BrN3O/c16-12-6-8-13(9-7-12)17-10-14-18-19-15(20-14)11-4-2-1-3-5-11/h1-9,17H,10H2. The summed E-state index contributed by atoms with van der Waals surface area (Å²) in [6.45, 7) is 0.501. The fourth-order valence-electron chi connectivity index (χ4n) is 1.77. The van der Waals surface area contributed by atoms with Gasteiger partial charge in [0.2, 0.25) is 11.8 Å². The molecular formula is C15H12BrN3O. The van der Waals surface area contributed by atoms with Gasteiger partial charge in [-0.05, 0) is 36.4 Å². The van der Waals surface area contributed by atoms with Crippen molar-refractivity contribution in [3.8, 4) is 11.5 Å². The Labute approximate surface area is 125 Å². The molecule has 0 saturated heterocycles. The summed E-state index contributed by atoms with van der Waals surface area (Å²) in [6.07, 6.45) is 0. The van der Waals surface area contributed by atoms with Gasteiger partial charge >= 0.3 is 0 Å². The number of nitrogens with zero attached hydrogens (tertiary/aromatic N) is 2. The van der Waals surface area contributed by atoms with Crippen molar-refractivity contribution in [1.82, 2.24) is 10.2 Å². The first-order valence-corrected chi connectivity index (χ1v) is 6.98. The van der Waals surface area contributed by atoms with Crippen molar-refractivity contribution < 1.29 is 4.42 Å². The Morgan fingerprint density at radius 3 is 2.45 bits per heavy atom. The molecule has 0 radical (unpaired) electrons. The summed E-state index contributed by atoms with van der Waals surface area (Å²) in [5.41, 5.74) is 1.93. The van der Waals surface area contributed by atoms with Gasteiger partial charge in [0.05, 0.1) is 6.54 Å². The molecule has 0 atom stereocenters. The van der Waals surface area contributed by atoms with Gasteiger partial charge in [0.1, 0.15) is 0 Å². The van der Waals surface area contributed by atoms with Crippen LogP contribution in [-0.4, -0.2) is 10.2 Å². The molecular weight excluding hydrogens is 318 g/mol. The molecule has 100 valence electrons. The number of hydrogen-bond acceptors (Lipinski definition) is 4. The summed E-state index contributed by atoms with van der Waals surface area (Å²) in [7, 11) is 0. The normalized spacial score (nSPS) is 10.4. The summed E-state index contributed by atoms with van der Waals surface area (Å²) in [5, 5.41) is 11.3. The first kappa shape index (κ1) is 12.9. The predicted molar refractivity (Wildman–Crippen MR) is 81.2 cm³/mol. The van der Waals surface area contributed by atoms with Gasteiger partial charge in [0.15, 0.2) is 0 Å². The Bertz CT molecular complexity index is 680. The van der Waals surface area contributed by atoms with Crippen LogP contribution < -0.4 is 5.32 Å². The van der Waals surface area contributed by atoms with Gasteiger partial charge in [-0.15, -0.1) is 10.2 Å². The Morgan fingerprint density at radius 2 is 1.70 bits per heavy atom. The highest BCUT2D eigenvalue weighted by Gasteiger charge is 2.07. The molecule has 0 amide bonds. The number of nitrogens with one attached hydrogen (secondary N) is 1. The number of anilines is 1. The van der Waals surface area contributed by atoms with E-state index in [-0.39, 0.29) is 0 Å². The van der Waals surface area contributed by atoms with Crippen molar-refractivity contribution in [2.45, 2.75) is 6.54 Å². The number of benzene rings is 2. The first-order valence-electron chi connectivity index (χ1n) is 6.18. The molecule has 0 spiro atoms. The minimum Gasteiger partial charge on any atom is -0.419 e. The molecule has 5 heteroatoms. The molecule has 0 unspecified atom stereocenters. The van der Waals surface area contributed by atoms with E-state index in [4.69, 9.17) is 4.42 Å². The second-order valence-electron chi connectivity index (χ2n) is 4.23. The van der Waals surface area contributed by atoms with Crippen LogP contribution in [0, 0.1) is 0 Å². The molecule has 3 rings (SSSR count). The van der Waals surface area contributed by atoms with E-state index in [0.717, 1.165) is 15.7 Å². The third kappa shape index (κ3) is 3.05. The molecule has 0 saturated carbocycles. The Morgan fingerprint density at radius 1 is 0.950 bits per heavy atom. The van der Waals surface area contributed by atoms with Crippen LogP contribution in [0.3, 0.4) is 0 Å². The topological polar surface area (TPSA) is 51.0 Å². The summed E-state index contributed by atoms with van der Waals surface area (Å²) >= 11 is 3.40. The van der Waals surface area contributed by atoms with Gasteiger partial charge in [0, 0.05) is 15.7 Å². The SMILES string of the molecule is Brc1ccc(NCc2nnc(-c3ccccc3)o2)cc1. The van der Waals surface area contributed by atoms with Gasteiger partial charge in [-0.3, -0.25) is 0 Å². The number of halogens is 1. The maximum Gasteiger partial charge on any atom is 0.247 e. The lowest BCUT2D eigenvalue weighted by atomic mass is 10.2. The average molecular weight is 330 g/mol. The van der Waals surface area contributed by atoms with Crippen LogP contribution in [-0.2, 0) is 6.54 Å². The van der Waals surface area contributed by atoms with Crippen LogP contribution >= 0.6 is 15.9 Å². The summed E-state index contributed by atoms with van der Waals surface area (Å²) in [6, 6.07) is 17.7. The molecule has 0 aliphatic heterocycles. The van der Waals surface area contributed by atoms with Crippen molar-refractivity contribution in [2.75, 3.05) is 5.32 Å². The van der Waals surface area contributed by atoms with Gasteiger partial charge in [-0.25, -0.2) is 0 Å². The zero-order valence-electron chi connectivity index (χ0n) is 10.6. The van der Waals surface area contributed by atoms with Gasteiger partial charge < -0.3 is 9.73 Å². The number of aromatic nitrogens is 2. The summed E-state index contributed by atoms with van der Waals surface area (Å²) in [4.78, 5) is 0. The van der Waals surface area contributed by atoms with E-state index in [1.54, 1.807) is 0 Å². The van der Waals surface area contributed by atoms with Gasteiger partial charge in [-0.1, -0.05) is 34.1 Å². The predicted octanol–water partition coefficient (Wildman–Crippen LogP) is 4.11. The van der Waals surface area contributed by atoms with Crippen molar-refractivity contribution in [2.24, 2.45) is 0 Å². The molecule has 4 nitrogen and oxygen atoms in total. The lowest BCUT2D eigenvalue weighted by molar-refractivity contribution is 0.515. The van der Waals surface area contributed by atoms with Crippen LogP contribution in [0.2, 0.25) is 0 Å². The maximum atomic E-state index is 5.62. The van der Waals surface area contributed by atoms with E-state index < -0.39 is 0 Å². The highest BCUT2D eigenvalue weighted by molar-refractivity contribution is 9.10. The van der Waals surface area contributed by atoms with Gasteiger partial charge in [0.25, 0.3) is 0 Å². The number of hydrogen-bond donors (Lipinski definition) is 1. The van der Waals surface area contributed by atoms with Gasteiger partial charge in [-0.2, -0.15) is 0 Å². The van der Waals surface area contributed by atoms with Crippen molar-refractivity contribution in [3.63, 3.8) is 0 Å². The van der Waals surface area contributed by atoms with Crippen LogP contribution in [0.15, 0.2) is 63.5 Å². The second kappa shape index (κ2) is 5.88. The van der Waals surface area contributed by atoms with Crippen molar-refractivity contribution in [1.29, 1.82) is 0 Å². The van der Waals surface area contributed by atoms with E-state index in [0.29, 0.717) is 18.3 Å². The minimum atomic E-state index is 0.501. The smallest absolute Gasteiger partial charge is 0.247 e. The van der Waals surface area contributed by atoms with Crippen LogP contribution in [0.5, 0.6) is 0 Å². The van der Waals surface area contributed by atoms with E-state index >= 15 is 0 Å². The number of rotatable bonds is 4. The largest absolute Gasteiger partial charge is 0.419 e. The Kier molecular flexibility index (Phi) is 3.78. The molecule has 2 aromatic carbocycles. The van der Waals surface area contributed by atoms with E-state index in [2.05, 4.69) is 31.4 Å². The molecule has 0 aliphatic rings. The fraction of sp³-hybridized carbons (Fsp3) is 0.0667. The minimum absolute atomic E-state index is 0.501. The van der Waals surface area contributed by atoms with Crippen LogP contribution in [0.1, 0.15) is 5.89 Å². The monoisotopic (exact) mass is 329 g/mol. The highest BCUT2D eigenvalue weighted by Crippen LogP contribution is 2.18. The molecule has 1 heterocycles. The highest BCUT2D eigenvalue weighted by atomic mass is 79.9. The average Bonchev–Trinajstić information content (AvgIpc) is 2.97. The molecule has 20 heavy (non-hydrogen) atoms. The quantitative estimate of drug-likeness (QED) is 0.782. The maximum absolute atomic E-state index is 5.62. The van der Waals surface area contributed by atoms with E-state index in [9.17, 15) is 0 Å². The van der Waals surface area contributed by atoms with Crippen molar-refractivity contribution >= 4 is 21.6 Å². The fourth-order valence-corrected chi connectivity index (χ4v) is 2.03. The molecule has 1 N–H and O–H groups in total. The molecule has 0 fully saturated rings. The Balaban J connectivity index is 1.67. The zero-order valence-corrected chi connectivity index (χ0v) is 12.2. The lowest BCUT2D eigenvalue weighted by Gasteiger charge is -2.02. The summed E-state index contributed by atoms with van der Waals surface area (Å²) < 4.78 is 6.67. The second-order valence-corrected chi connectivity index (χ2v) is 5.14. The molecule has 0 bridgehead atoms.